The Hall–Kier alpha value is -2.96. The summed E-state index contributed by atoms with van der Waals surface area (Å²) >= 11 is 0. The van der Waals surface area contributed by atoms with Crippen molar-refractivity contribution in [1.82, 2.24) is 10.3 Å². The standard InChI is InChI=1S/C19H19NO2.C13H23NO2/c1-14-18(12-21)20-17-11-7-3-6-10-16(17)19(14)22-13-15-8-4-2-5-9-15;15-13(10-11-6-8-16-9-7-11)14-12-4-2-1-3-5-12/h2-5,7-11,21H,6,12-13H2,1H3;11-12H,1-10H2,(H,14,15). The van der Waals surface area contributed by atoms with Crippen molar-refractivity contribution < 1.29 is 19.4 Å². The van der Waals surface area contributed by atoms with E-state index in [1.807, 2.05) is 49.4 Å². The van der Waals surface area contributed by atoms with Gasteiger partial charge in [-0.3, -0.25) is 4.79 Å². The van der Waals surface area contributed by atoms with E-state index in [2.05, 4.69) is 22.5 Å². The van der Waals surface area contributed by atoms with Crippen molar-refractivity contribution in [3.05, 3.63) is 69.9 Å². The molecule has 1 aromatic carbocycles. The molecule has 2 heterocycles. The number of allylic oxidation sites excluding steroid dienone is 2. The molecule has 6 nitrogen and oxygen atoms in total. The van der Waals surface area contributed by atoms with Gasteiger partial charge in [-0.25, -0.2) is 4.98 Å². The van der Waals surface area contributed by atoms with Gasteiger partial charge in [0.15, 0.2) is 0 Å². The molecular formula is C32H42N2O4. The molecule has 2 aromatic rings. The second-order valence-electron chi connectivity index (χ2n) is 10.4. The molecule has 1 aliphatic heterocycles. The number of nitrogens with zero attached hydrogens (tertiary/aromatic N) is 1. The number of hydrogen-bond donors (Lipinski definition) is 2. The van der Waals surface area contributed by atoms with Crippen LogP contribution in [0.15, 0.2) is 42.5 Å². The number of aromatic nitrogens is 1. The largest absolute Gasteiger partial charge is 0.488 e. The number of ether oxygens (including phenoxy) is 2. The lowest BCUT2D eigenvalue weighted by atomic mass is 9.93. The molecule has 1 amide bonds. The molecule has 6 heteroatoms. The third kappa shape index (κ3) is 8.27. The van der Waals surface area contributed by atoms with Gasteiger partial charge in [-0.15, -0.1) is 0 Å². The maximum atomic E-state index is 11.8. The Morgan fingerprint density at radius 1 is 1.11 bits per heavy atom. The van der Waals surface area contributed by atoms with Crippen LogP contribution in [0.5, 0.6) is 5.75 Å². The van der Waals surface area contributed by atoms with E-state index in [9.17, 15) is 9.90 Å². The highest BCUT2D eigenvalue weighted by molar-refractivity contribution is 5.76. The van der Waals surface area contributed by atoms with Crippen molar-refractivity contribution in [3.8, 4) is 5.75 Å². The Labute approximate surface area is 226 Å². The molecule has 2 fully saturated rings. The Morgan fingerprint density at radius 3 is 2.61 bits per heavy atom. The van der Waals surface area contributed by atoms with Gasteiger partial charge >= 0.3 is 0 Å². The zero-order valence-corrected chi connectivity index (χ0v) is 22.7. The van der Waals surface area contributed by atoms with Crippen molar-refractivity contribution in [2.75, 3.05) is 13.2 Å². The fourth-order valence-electron chi connectivity index (χ4n) is 5.30. The Balaban J connectivity index is 0.000000186. The Bertz CT molecular complexity index is 1160. The minimum absolute atomic E-state index is 0.0850. The molecule has 0 radical (unpaired) electrons. The minimum Gasteiger partial charge on any atom is -0.488 e. The van der Waals surface area contributed by atoms with Crippen molar-refractivity contribution >= 4 is 18.1 Å². The Kier molecular flexibility index (Phi) is 11.0. The quantitative estimate of drug-likeness (QED) is 0.573. The van der Waals surface area contributed by atoms with Gasteiger partial charge in [-0.2, -0.15) is 0 Å². The molecule has 2 aliphatic carbocycles. The van der Waals surface area contributed by atoms with Gasteiger partial charge in [-0.1, -0.05) is 67.8 Å². The third-order valence-corrected chi connectivity index (χ3v) is 7.56. The summed E-state index contributed by atoms with van der Waals surface area (Å²) < 4.78 is 11.4. The summed E-state index contributed by atoms with van der Waals surface area (Å²) in [6.45, 7) is 4.04. The fourth-order valence-corrected chi connectivity index (χ4v) is 5.30. The van der Waals surface area contributed by atoms with Crippen LogP contribution in [0.2, 0.25) is 0 Å². The van der Waals surface area contributed by atoms with Gasteiger partial charge in [0.2, 0.25) is 5.91 Å². The maximum absolute atomic E-state index is 11.8. The number of benzene rings is 1. The number of nitrogens with one attached hydrogen (secondary N) is 1. The number of amides is 1. The van der Waals surface area contributed by atoms with Crippen LogP contribution < -0.4 is 20.6 Å². The highest BCUT2D eigenvalue weighted by Gasteiger charge is 2.20. The van der Waals surface area contributed by atoms with Crippen molar-refractivity contribution in [2.45, 2.75) is 84.0 Å². The van der Waals surface area contributed by atoms with E-state index < -0.39 is 0 Å². The summed E-state index contributed by atoms with van der Waals surface area (Å²) in [5.74, 6) is 1.63. The Morgan fingerprint density at radius 2 is 1.87 bits per heavy atom. The molecule has 3 aliphatic rings. The molecule has 2 N–H and O–H groups in total. The predicted molar refractivity (Wildman–Crippen MR) is 151 cm³/mol. The number of hydrogen-bond acceptors (Lipinski definition) is 5. The van der Waals surface area contributed by atoms with E-state index in [0.29, 0.717) is 30.7 Å². The average molecular weight is 519 g/mol. The number of aliphatic hydroxyl groups excluding tert-OH is 1. The van der Waals surface area contributed by atoms with E-state index in [-0.39, 0.29) is 12.5 Å². The predicted octanol–water partition coefficient (Wildman–Crippen LogP) is 4.23. The highest BCUT2D eigenvalue weighted by Crippen LogP contribution is 2.21. The normalized spacial score (nSPS) is 17.6. The van der Waals surface area contributed by atoms with Crippen LogP contribution in [-0.4, -0.2) is 35.3 Å². The van der Waals surface area contributed by atoms with Gasteiger partial charge < -0.3 is 19.9 Å². The van der Waals surface area contributed by atoms with Crippen molar-refractivity contribution in [3.63, 3.8) is 0 Å². The number of fused-ring (bicyclic) bond motifs is 1. The average Bonchev–Trinajstić information content (AvgIpc) is 3.20. The summed E-state index contributed by atoms with van der Waals surface area (Å²) in [5.41, 5.74) is 2.69. The zero-order valence-electron chi connectivity index (χ0n) is 22.7. The molecule has 204 valence electrons. The fraction of sp³-hybridized carbons (Fsp3) is 0.500. The van der Waals surface area contributed by atoms with E-state index >= 15 is 0 Å². The highest BCUT2D eigenvalue weighted by atomic mass is 16.5. The molecule has 1 saturated carbocycles. The third-order valence-electron chi connectivity index (χ3n) is 7.56. The van der Waals surface area contributed by atoms with Gasteiger partial charge in [0.25, 0.3) is 0 Å². The summed E-state index contributed by atoms with van der Waals surface area (Å²) in [7, 11) is 0. The molecule has 0 atom stereocenters. The van der Waals surface area contributed by atoms with Crippen LogP contribution in [0.1, 0.15) is 74.6 Å². The van der Waals surface area contributed by atoms with Gasteiger partial charge in [0, 0.05) is 36.5 Å². The monoisotopic (exact) mass is 518 g/mol. The molecule has 5 rings (SSSR count). The van der Waals surface area contributed by atoms with Crippen LogP contribution in [0, 0.1) is 12.8 Å². The van der Waals surface area contributed by atoms with E-state index in [1.165, 1.54) is 32.1 Å². The van der Waals surface area contributed by atoms with E-state index in [0.717, 1.165) is 59.9 Å². The number of rotatable bonds is 7. The SMILES string of the molecule is Cc1c(CO)nc2c(c1OCc1ccccc1)=CCC=CC=2.O=C(CC1CCOCC1)NC1CCCCC1. The van der Waals surface area contributed by atoms with Crippen molar-refractivity contribution in [1.29, 1.82) is 0 Å². The first-order chi connectivity index (χ1) is 18.6. The second kappa shape index (κ2) is 14.8. The minimum atomic E-state index is -0.0850. The molecule has 1 saturated heterocycles. The number of carbonyl (C=O) groups is 1. The van der Waals surface area contributed by atoms with Crippen molar-refractivity contribution in [2.24, 2.45) is 5.92 Å². The maximum Gasteiger partial charge on any atom is 0.220 e. The first kappa shape index (κ1) is 28.1. The molecule has 0 spiro atoms. The van der Waals surface area contributed by atoms with Crippen LogP contribution >= 0.6 is 0 Å². The van der Waals surface area contributed by atoms with Gasteiger partial charge in [0.05, 0.1) is 17.6 Å². The van der Waals surface area contributed by atoms with Crippen LogP contribution in [0.25, 0.3) is 12.2 Å². The molecule has 38 heavy (non-hydrogen) atoms. The summed E-state index contributed by atoms with van der Waals surface area (Å²) in [6.07, 6.45) is 18.1. The summed E-state index contributed by atoms with van der Waals surface area (Å²) in [4.78, 5) is 16.4. The lowest BCUT2D eigenvalue weighted by Gasteiger charge is -2.25. The summed E-state index contributed by atoms with van der Waals surface area (Å²) in [6, 6.07) is 10.5. The van der Waals surface area contributed by atoms with Crippen LogP contribution in [0.3, 0.4) is 0 Å². The summed E-state index contributed by atoms with van der Waals surface area (Å²) in [5, 5.41) is 14.6. The number of carbonyl (C=O) groups excluding carboxylic acids is 1. The topological polar surface area (TPSA) is 80.7 Å². The van der Waals surface area contributed by atoms with E-state index in [4.69, 9.17) is 9.47 Å². The zero-order chi connectivity index (χ0) is 26.6. The van der Waals surface area contributed by atoms with Crippen LogP contribution in [0.4, 0.5) is 0 Å². The molecule has 0 bridgehead atoms. The lowest BCUT2D eigenvalue weighted by molar-refractivity contribution is -0.123. The first-order valence-corrected chi connectivity index (χ1v) is 14.1. The second-order valence-corrected chi connectivity index (χ2v) is 10.4. The smallest absolute Gasteiger partial charge is 0.220 e. The lowest BCUT2D eigenvalue weighted by Crippen LogP contribution is -2.37. The van der Waals surface area contributed by atoms with Gasteiger partial charge in [0.1, 0.15) is 12.4 Å². The van der Waals surface area contributed by atoms with E-state index in [1.54, 1.807) is 0 Å². The van der Waals surface area contributed by atoms with Crippen LogP contribution in [-0.2, 0) is 22.7 Å². The molecule has 0 unspecified atom stereocenters. The van der Waals surface area contributed by atoms with Gasteiger partial charge in [-0.05, 0) is 56.6 Å². The first-order valence-electron chi connectivity index (χ1n) is 14.1. The number of pyridine rings is 1. The number of aliphatic hydroxyl groups is 1. The molecular weight excluding hydrogens is 476 g/mol. The molecule has 1 aromatic heterocycles.